The highest BCUT2D eigenvalue weighted by Gasteiger charge is 2.27. The Morgan fingerprint density at radius 2 is 0.803 bits per heavy atom. The van der Waals surface area contributed by atoms with Gasteiger partial charge in [-0.15, -0.1) is 0 Å². The van der Waals surface area contributed by atoms with Crippen molar-refractivity contribution in [1.29, 1.82) is 0 Å². The van der Waals surface area contributed by atoms with Crippen LogP contribution in [0.15, 0.2) is 236 Å². The number of nitrogens with zero attached hydrogens (tertiary/aromatic N) is 24. The molecule has 648 valence electrons. The molecule has 2 fully saturated rings. The van der Waals surface area contributed by atoms with E-state index in [0.29, 0.717) is 122 Å². The zero-order chi connectivity index (χ0) is 89.7. The molecule has 1 atom stereocenters. The number of aromatic nitrogens is 20. The number of sulfone groups is 1. The van der Waals surface area contributed by atoms with Crippen molar-refractivity contribution in [3.63, 3.8) is 0 Å². The fraction of sp³-hybridized carbons (Fsp3) is 0.181. The smallest absolute Gasteiger partial charge is 0.281 e. The Morgan fingerprint density at radius 3 is 1.17 bits per heavy atom. The topological polar surface area (TPSA) is 363 Å². The van der Waals surface area contributed by atoms with E-state index >= 15 is 0 Å². The Balaban J connectivity index is 0.000000120. The number of hydrogen-bond acceptors (Lipinski definition) is 26. The molecule has 2 aliphatic heterocycles. The van der Waals surface area contributed by atoms with Gasteiger partial charge in [-0.05, 0) is 194 Å². The number of thioether (sulfide) groups is 1. The second-order valence-electron chi connectivity index (χ2n) is 29.0. The van der Waals surface area contributed by atoms with Crippen molar-refractivity contribution in [3.05, 3.63) is 274 Å². The summed E-state index contributed by atoms with van der Waals surface area (Å²) in [6.45, 7) is 12.9. The largest absolute Gasteiger partial charge is 0.399 e. The third-order valence-electron chi connectivity index (χ3n) is 20.7. The van der Waals surface area contributed by atoms with Crippen molar-refractivity contribution in [2.75, 3.05) is 106 Å². The van der Waals surface area contributed by atoms with Crippen molar-refractivity contribution in [2.24, 2.45) is 0 Å². The summed E-state index contributed by atoms with van der Waals surface area (Å²) in [4.78, 5) is 114. The van der Waals surface area contributed by atoms with Crippen molar-refractivity contribution in [3.8, 4) is 22.7 Å². The summed E-state index contributed by atoms with van der Waals surface area (Å²) in [7, 11) is -0.669. The van der Waals surface area contributed by atoms with E-state index in [0.717, 1.165) is 70.0 Å². The van der Waals surface area contributed by atoms with Gasteiger partial charge in [0, 0.05) is 180 Å². The molecule has 2 saturated heterocycles. The highest BCUT2D eigenvalue weighted by atomic mass is 79.9. The van der Waals surface area contributed by atoms with Gasteiger partial charge in [-0.25, -0.2) is 105 Å². The zero-order valence-corrected chi connectivity index (χ0v) is 79.7. The predicted molar refractivity (Wildman–Crippen MR) is 513 cm³/mol. The molecule has 20 rings (SSSR count). The fourth-order valence-corrected chi connectivity index (χ4v) is 19.4. The number of imidazole rings is 4. The number of nitrogens with one attached hydrogen (secondary N) is 1. The molecule has 33 nitrogen and oxygen atoms in total. The number of halogens is 8. The summed E-state index contributed by atoms with van der Waals surface area (Å²) < 4.78 is 49.9. The van der Waals surface area contributed by atoms with E-state index in [1.54, 1.807) is 112 Å². The summed E-state index contributed by atoms with van der Waals surface area (Å²) >= 11 is 40.7. The van der Waals surface area contributed by atoms with Gasteiger partial charge in [0.15, 0.2) is 27.7 Å². The molecule has 0 radical (unpaired) electrons. The first-order valence-corrected chi connectivity index (χ1v) is 47.8. The van der Waals surface area contributed by atoms with Gasteiger partial charge < -0.3 is 30.7 Å². The SMILES string of the molecule is CS(=O)(=O)c1ncc2c(=O)n(-c3c(Cl)cccc3Br)n3ccnc3c2n1.CS(=O)c1ncc2c(=O)n(-c3c(Cl)cccc3Br)n3ccnc3c2n1.CSc1ncc2c(=O)n(-c3c(Cl)cccc3Br)n3ccnc3c2n1.Cc1cc(N)ccc1N1CCN(C)CC1.Cc1cc(Nc2ncc3c(=O)n(-c4c(Cl)cccc4Br)n4ccnc4c3n2)ccc1N1CCN(C)CC1. The standard InChI is InChI=1S/C26H24BrClN8O.C15H9BrClN5O3S.C15H9BrClN5O2S.C15H9BrClN5OS.C12H19N3/c1-16-14-17(6-7-21(16)34-12-10-33(2)11-13-34)31-26-30-15-18-22(32-26)24-29-8-9-35(24)36(25(18)37)23-19(27)4-3-5-20(23)28;1-26(24,25)15-19-7-8-11(20-15)13-18-5-6-21(13)22(14(8)23)12-9(16)3-2-4-10(12)17;1-25(24)15-19-7-8-11(20-15)13-18-5-6-21(13)22(14(8)23)12-9(16)3-2-4-10(12)17;1-24-15-19-7-8-11(20-15)13-18-5-6-21(13)22(14(8)23)12-9(16)3-2-4-10(12)17;1-10-9-11(13)3-4-12(10)15-7-5-14(2)6-8-15/h3-9,14-15H,10-13H2,1-2H3,(H,30,31,32);2-7H,1H3;2-7H,1H3;2-7H,1H3;3-4,9H,5-8,13H2,1-2H3. The summed E-state index contributed by atoms with van der Waals surface area (Å²) in [6.07, 6.45) is 22.9. The predicted octanol–water partition coefficient (Wildman–Crippen LogP) is 14.4. The number of piperazine rings is 2. The molecular formula is C83H70Br4Cl4N26O7S3. The highest BCUT2D eigenvalue weighted by Crippen LogP contribution is 2.36. The quantitative estimate of drug-likeness (QED) is 0.0690. The van der Waals surface area contributed by atoms with E-state index in [-0.39, 0.29) is 43.3 Å². The number of hydrogen-bond donors (Lipinski definition) is 2. The van der Waals surface area contributed by atoms with Crippen LogP contribution in [0.4, 0.5) is 28.7 Å². The fourth-order valence-electron chi connectivity index (χ4n) is 14.6. The van der Waals surface area contributed by atoms with Crippen LogP contribution in [0.1, 0.15) is 11.1 Å². The molecule has 0 amide bonds. The summed E-state index contributed by atoms with van der Waals surface area (Å²) in [5, 5.41) is 6.41. The van der Waals surface area contributed by atoms with Crippen LogP contribution in [0.2, 0.25) is 20.1 Å². The maximum atomic E-state index is 13.6. The van der Waals surface area contributed by atoms with E-state index in [1.165, 1.54) is 94.7 Å². The van der Waals surface area contributed by atoms with Gasteiger partial charge in [0.1, 0.15) is 22.1 Å². The number of likely N-dealkylation sites (N-methyl/N-ethyl adjacent to an activating group) is 2. The van der Waals surface area contributed by atoms with E-state index < -0.39 is 26.2 Å². The molecular weight excluding hydrogens is 2030 g/mol. The lowest BCUT2D eigenvalue weighted by atomic mass is 10.1. The molecule has 127 heavy (non-hydrogen) atoms. The molecule has 3 N–H and O–H groups in total. The Bertz CT molecular complexity index is 7760. The van der Waals surface area contributed by atoms with Crippen molar-refractivity contribution in [1.82, 2.24) is 106 Å². The number of anilines is 5. The summed E-state index contributed by atoms with van der Waals surface area (Å²) in [6, 6.07) is 33.6. The number of para-hydroxylation sites is 4. The highest BCUT2D eigenvalue weighted by molar-refractivity contribution is 9.11. The molecule has 18 aromatic rings. The Kier molecular flexibility index (Phi) is 26.3. The van der Waals surface area contributed by atoms with Crippen molar-refractivity contribution < 1.29 is 12.6 Å². The van der Waals surface area contributed by atoms with Crippen molar-refractivity contribution in [2.45, 2.75) is 29.3 Å². The lowest BCUT2D eigenvalue weighted by Crippen LogP contribution is -2.44. The summed E-state index contributed by atoms with van der Waals surface area (Å²) in [5.41, 5.74) is 16.4. The third kappa shape index (κ3) is 17.8. The minimum atomic E-state index is -3.63. The Morgan fingerprint density at radius 1 is 0.449 bits per heavy atom. The maximum Gasteiger partial charge on any atom is 0.281 e. The number of nitrogens with two attached hydrogens (primary N) is 1. The average molecular weight is 2100 g/mol. The van der Waals surface area contributed by atoms with Gasteiger partial charge in [-0.2, -0.15) is 0 Å². The van der Waals surface area contributed by atoms with E-state index in [4.69, 9.17) is 52.1 Å². The molecule has 0 aliphatic carbocycles. The maximum absolute atomic E-state index is 13.6. The minimum Gasteiger partial charge on any atom is -0.399 e. The van der Waals surface area contributed by atoms with Gasteiger partial charge >= 0.3 is 0 Å². The lowest BCUT2D eigenvalue weighted by Gasteiger charge is -2.35. The van der Waals surface area contributed by atoms with E-state index in [2.05, 4.69) is 195 Å². The Hall–Kier alpha value is -11.0. The van der Waals surface area contributed by atoms with Gasteiger partial charge in [-0.1, -0.05) is 82.4 Å². The summed E-state index contributed by atoms with van der Waals surface area (Å²) in [5.74, 6) is 0.389. The molecule has 0 saturated carbocycles. The monoisotopic (exact) mass is 2090 g/mol. The molecule has 2 aliphatic rings. The Labute approximate surface area is 781 Å². The second-order valence-corrected chi connectivity index (χ2v) is 38.0. The number of fused-ring (bicyclic) bond motifs is 12. The van der Waals surface area contributed by atoms with Crippen LogP contribution in [-0.4, -0.2) is 204 Å². The van der Waals surface area contributed by atoms with Gasteiger partial charge in [0.2, 0.25) is 26.1 Å². The van der Waals surface area contributed by atoms with Crippen LogP contribution < -0.4 is 43.1 Å². The van der Waals surface area contributed by atoms with Crippen LogP contribution in [-0.2, 0) is 20.6 Å². The number of benzene rings is 6. The molecule has 1 unspecified atom stereocenters. The van der Waals surface area contributed by atoms with E-state index in [9.17, 15) is 31.8 Å². The van der Waals surface area contributed by atoms with Crippen molar-refractivity contribution >= 4 is 237 Å². The van der Waals surface area contributed by atoms with Crippen LogP contribution >= 0.6 is 122 Å². The van der Waals surface area contributed by atoms with Crippen LogP contribution in [0.25, 0.3) is 88.9 Å². The van der Waals surface area contributed by atoms with Gasteiger partial charge in [0.05, 0.1) is 75.2 Å². The first-order valence-electron chi connectivity index (χ1n) is 38.4. The molecule has 6 aromatic carbocycles. The first-order chi connectivity index (χ1) is 61.0. The van der Waals surface area contributed by atoms with Gasteiger partial charge in [-0.3, -0.25) is 23.4 Å². The van der Waals surface area contributed by atoms with Gasteiger partial charge in [0.25, 0.3) is 22.2 Å². The van der Waals surface area contributed by atoms with Crippen LogP contribution in [0.5, 0.6) is 0 Å². The molecule has 14 heterocycles. The first kappa shape index (κ1) is 89.4. The molecule has 12 aromatic heterocycles. The van der Waals surface area contributed by atoms with E-state index in [1.807, 2.05) is 42.7 Å². The number of rotatable bonds is 11. The molecule has 0 spiro atoms. The normalized spacial score (nSPS) is 13.5. The number of nitrogen functional groups attached to an aromatic ring is 1. The molecule has 0 bridgehead atoms. The zero-order valence-electron chi connectivity index (χ0n) is 67.9. The number of aryl methyl sites for hydroxylation is 2. The average Bonchev–Trinajstić information content (AvgIpc) is 1.74. The minimum absolute atomic E-state index is 0.128. The van der Waals surface area contributed by atoms with Crippen LogP contribution in [0.3, 0.4) is 0 Å². The second kappa shape index (κ2) is 37.4. The third-order valence-corrected chi connectivity index (χ3v) is 26.6. The van der Waals surface area contributed by atoms with Crippen LogP contribution in [0, 0.1) is 13.8 Å². The molecule has 44 heteroatoms. The lowest BCUT2D eigenvalue weighted by molar-refractivity contribution is 0.312.